The minimum absolute atomic E-state index is 0.142. The Labute approximate surface area is 120 Å². The van der Waals surface area contributed by atoms with Crippen LogP contribution in [0.2, 0.25) is 0 Å². The molecule has 21 heavy (non-hydrogen) atoms. The van der Waals surface area contributed by atoms with Crippen LogP contribution in [-0.4, -0.2) is 0 Å². The molecule has 3 rings (SSSR count). The Bertz CT molecular complexity index is 765. The van der Waals surface area contributed by atoms with Gasteiger partial charge in [0.1, 0.15) is 29.0 Å². The fraction of sp³-hybridized carbons (Fsp3) is 0.125. The quantitative estimate of drug-likeness (QED) is 0.572. The first-order chi connectivity index (χ1) is 10.1. The maximum atomic E-state index is 14.3. The molecule has 2 aromatic carbocycles. The van der Waals surface area contributed by atoms with Crippen LogP contribution in [-0.2, 0) is 0 Å². The SMILES string of the molecule is Cc1ccc(F)c(C(NN)c2cc3ccccc3o2)c1F. The first kappa shape index (κ1) is 13.7. The van der Waals surface area contributed by atoms with Crippen molar-refractivity contribution in [1.82, 2.24) is 5.43 Å². The molecule has 0 saturated heterocycles. The number of hydrazine groups is 1. The van der Waals surface area contributed by atoms with Crippen LogP contribution in [0.15, 0.2) is 46.9 Å². The van der Waals surface area contributed by atoms with Crippen molar-refractivity contribution in [3.63, 3.8) is 0 Å². The van der Waals surface area contributed by atoms with Gasteiger partial charge in [-0.25, -0.2) is 14.2 Å². The number of aryl methyl sites for hydroxylation is 1. The zero-order chi connectivity index (χ0) is 15.0. The van der Waals surface area contributed by atoms with Crippen molar-refractivity contribution in [2.75, 3.05) is 0 Å². The van der Waals surface area contributed by atoms with E-state index in [9.17, 15) is 8.78 Å². The Balaban J connectivity index is 2.16. The van der Waals surface area contributed by atoms with Crippen LogP contribution in [0.25, 0.3) is 11.0 Å². The lowest BCUT2D eigenvalue weighted by Crippen LogP contribution is -2.30. The zero-order valence-electron chi connectivity index (χ0n) is 11.4. The Morgan fingerprint density at radius 2 is 1.90 bits per heavy atom. The molecule has 0 aliphatic rings. The van der Waals surface area contributed by atoms with Gasteiger partial charge in [0.25, 0.3) is 0 Å². The minimum Gasteiger partial charge on any atom is -0.459 e. The fourth-order valence-corrected chi connectivity index (χ4v) is 2.40. The van der Waals surface area contributed by atoms with Crippen molar-refractivity contribution in [3.8, 4) is 0 Å². The highest BCUT2D eigenvalue weighted by atomic mass is 19.1. The predicted octanol–water partition coefficient (Wildman–Crippen LogP) is 3.57. The molecule has 0 radical (unpaired) electrons. The van der Waals surface area contributed by atoms with E-state index in [1.165, 1.54) is 12.1 Å². The third-order valence-electron chi connectivity index (χ3n) is 3.50. The van der Waals surface area contributed by atoms with Crippen molar-refractivity contribution in [2.24, 2.45) is 5.84 Å². The summed E-state index contributed by atoms with van der Waals surface area (Å²) in [6.45, 7) is 1.57. The Morgan fingerprint density at radius 3 is 2.62 bits per heavy atom. The lowest BCUT2D eigenvalue weighted by Gasteiger charge is -2.16. The normalized spacial score (nSPS) is 12.8. The van der Waals surface area contributed by atoms with E-state index in [4.69, 9.17) is 10.3 Å². The van der Waals surface area contributed by atoms with Crippen LogP contribution < -0.4 is 11.3 Å². The highest BCUT2D eigenvalue weighted by Gasteiger charge is 2.25. The summed E-state index contributed by atoms with van der Waals surface area (Å²) in [4.78, 5) is 0. The monoisotopic (exact) mass is 288 g/mol. The molecule has 0 spiro atoms. The van der Waals surface area contributed by atoms with E-state index in [-0.39, 0.29) is 5.56 Å². The second kappa shape index (κ2) is 5.27. The number of hydrogen-bond donors (Lipinski definition) is 2. The lowest BCUT2D eigenvalue weighted by molar-refractivity contribution is 0.442. The summed E-state index contributed by atoms with van der Waals surface area (Å²) >= 11 is 0. The van der Waals surface area contributed by atoms with E-state index < -0.39 is 17.7 Å². The molecule has 108 valence electrons. The summed E-state index contributed by atoms with van der Waals surface area (Å²) in [7, 11) is 0. The number of rotatable bonds is 3. The van der Waals surface area contributed by atoms with Crippen LogP contribution in [0.1, 0.15) is 22.9 Å². The zero-order valence-corrected chi connectivity index (χ0v) is 11.4. The molecule has 0 amide bonds. The van der Waals surface area contributed by atoms with E-state index in [0.29, 0.717) is 16.9 Å². The summed E-state index contributed by atoms with van der Waals surface area (Å²) in [6, 6.07) is 10.8. The number of nitrogens with two attached hydrogens (primary N) is 1. The van der Waals surface area contributed by atoms with Crippen molar-refractivity contribution in [2.45, 2.75) is 13.0 Å². The van der Waals surface area contributed by atoms with Crippen LogP contribution in [0.5, 0.6) is 0 Å². The van der Waals surface area contributed by atoms with Gasteiger partial charge in [-0.05, 0) is 30.7 Å². The van der Waals surface area contributed by atoms with E-state index in [2.05, 4.69) is 5.43 Å². The number of furan rings is 1. The Kier molecular flexibility index (Phi) is 3.45. The van der Waals surface area contributed by atoms with Gasteiger partial charge >= 0.3 is 0 Å². The molecule has 0 aliphatic carbocycles. The maximum Gasteiger partial charge on any atom is 0.134 e. The third-order valence-corrected chi connectivity index (χ3v) is 3.50. The molecule has 3 N–H and O–H groups in total. The molecular weight excluding hydrogens is 274 g/mol. The highest BCUT2D eigenvalue weighted by Crippen LogP contribution is 2.31. The summed E-state index contributed by atoms with van der Waals surface area (Å²) in [6.07, 6.45) is 0. The summed E-state index contributed by atoms with van der Waals surface area (Å²) in [5.41, 5.74) is 3.28. The molecule has 0 saturated carbocycles. The van der Waals surface area contributed by atoms with Gasteiger partial charge in [0.05, 0.1) is 0 Å². The van der Waals surface area contributed by atoms with Gasteiger partial charge in [0, 0.05) is 10.9 Å². The average molecular weight is 288 g/mol. The van der Waals surface area contributed by atoms with E-state index in [1.807, 2.05) is 18.2 Å². The maximum absolute atomic E-state index is 14.3. The number of fused-ring (bicyclic) bond motifs is 1. The molecule has 1 heterocycles. The number of nitrogens with one attached hydrogen (secondary N) is 1. The minimum atomic E-state index is -0.891. The molecule has 0 fully saturated rings. The average Bonchev–Trinajstić information content (AvgIpc) is 2.91. The molecule has 1 unspecified atom stereocenters. The fourth-order valence-electron chi connectivity index (χ4n) is 2.40. The molecular formula is C16H14F2N2O. The molecule has 0 bridgehead atoms. The van der Waals surface area contributed by atoms with Gasteiger partial charge in [-0.15, -0.1) is 0 Å². The summed E-state index contributed by atoms with van der Waals surface area (Å²) in [5.74, 6) is 4.57. The van der Waals surface area contributed by atoms with Gasteiger partial charge in [-0.3, -0.25) is 5.84 Å². The first-order valence-electron chi connectivity index (χ1n) is 6.51. The molecule has 3 nitrogen and oxygen atoms in total. The third kappa shape index (κ3) is 2.30. The van der Waals surface area contributed by atoms with Crippen LogP contribution >= 0.6 is 0 Å². The Morgan fingerprint density at radius 1 is 1.14 bits per heavy atom. The summed E-state index contributed by atoms with van der Waals surface area (Å²) < 4.78 is 33.9. The van der Waals surface area contributed by atoms with Gasteiger partial charge in [0.15, 0.2) is 0 Å². The summed E-state index contributed by atoms with van der Waals surface area (Å²) in [5, 5.41) is 0.848. The van der Waals surface area contributed by atoms with E-state index in [0.717, 1.165) is 5.39 Å². The first-order valence-corrected chi connectivity index (χ1v) is 6.51. The molecule has 5 heteroatoms. The van der Waals surface area contributed by atoms with Crippen molar-refractivity contribution >= 4 is 11.0 Å². The number of halogens is 2. The molecule has 3 aromatic rings. The molecule has 1 aromatic heterocycles. The van der Waals surface area contributed by atoms with Gasteiger partial charge in [-0.1, -0.05) is 24.3 Å². The smallest absolute Gasteiger partial charge is 0.134 e. The van der Waals surface area contributed by atoms with E-state index in [1.54, 1.807) is 19.1 Å². The van der Waals surface area contributed by atoms with E-state index >= 15 is 0 Å². The predicted molar refractivity (Wildman–Crippen MR) is 76.5 cm³/mol. The van der Waals surface area contributed by atoms with Crippen molar-refractivity contribution in [3.05, 3.63) is 71.0 Å². The van der Waals surface area contributed by atoms with Crippen LogP contribution in [0, 0.1) is 18.6 Å². The lowest BCUT2D eigenvalue weighted by atomic mass is 10.0. The number of para-hydroxylation sites is 1. The van der Waals surface area contributed by atoms with Gasteiger partial charge < -0.3 is 4.42 Å². The second-order valence-electron chi connectivity index (χ2n) is 4.88. The van der Waals surface area contributed by atoms with Gasteiger partial charge in [0.2, 0.25) is 0 Å². The highest BCUT2D eigenvalue weighted by molar-refractivity contribution is 5.78. The molecule has 0 aliphatic heterocycles. The Hall–Kier alpha value is -2.24. The largest absolute Gasteiger partial charge is 0.459 e. The second-order valence-corrected chi connectivity index (χ2v) is 4.88. The molecule has 1 atom stereocenters. The van der Waals surface area contributed by atoms with Crippen molar-refractivity contribution < 1.29 is 13.2 Å². The van der Waals surface area contributed by atoms with Crippen LogP contribution in [0.4, 0.5) is 8.78 Å². The van der Waals surface area contributed by atoms with Gasteiger partial charge in [-0.2, -0.15) is 0 Å². The number of benzene rings is 2. The standard InChI is InChI=1S/C16H14F2N2O/c1-9-6-7-11(17)14(15(9)18)16(20-19)13-8-10-4-2-3-5-12(10)21-13/h2-8,16,20H,19H2,1H3. The topological polar surface area (TPSA) is 51.2 Å². The number of hydrogen-bond acceptors (Lipinski definition) is 3. The van der Waals surface area contributed by atoms with Crippen molar-refractivity contribution in [1.29, 1.82) is 0 Å². The van der Waals surface area contributed by atoms with Crippen LogP contribution in [0.3, 0.4) is 0 Å².